The van der Waals surface area contributed by atoms with Gasteiger partial charge in [0.15, 0.2) is 0 Å². The summed E-state index contributed by atoms with van der Waals surface area (Å²) in [6.45, 7) is 3.20. The fourth-order valence-electron chi connectivity index (χ4n) is 0.983. The topological polar surface area (TPSA) is 63.3 Å². The lowest BCUT2D eigenvalue weighted by Gasteiger charge is -2.10. The molecule has 0 saturated heterocycles. The van der Waals surface area contributed by atoms with Crippen LogP contribution in [0.3, 0.4) is 0 Å². The van der Waals surface area contributed by atoms with Crippen LogP contribution in [0.15, 0.2) is 18.2 Å². The number of hydrogen-bond acceptors (Lipinski definition) is 3. The molecular formula is C8H12NO2P. The molecule has 1 aromatic rings. The Balaban J connectivity index is 3.36. The minimum atomic E-state index is -2.41. The van der Waals surface area contributed by atoms with E-state index in [9.17, 15) is 9.67 Å². The van der Waals surface area contributed by atoms with Crippen LogP contribution in [0.4, 0.5) is 5.69 Å². The molecule has 0 amide bonds. The number of aromatic hydroxyl groups is 1. The van der Waals surface area contributed by atoms with Gasteiger partial charge in [0.2, 0.25) is 0 Å². The standard InChI is InChI=1S/C8H12NO2P/c1-12(2,11)7-5-3-4-6(9)8(7)10/h3-5,10H,9H2,1-2H3. The second kappa shape index (κ2) is 2.83. The number of nitrogen functional groups attached to an aromatic ring is 1. The van der Waals surface area contributed by atoms with E-state index in [1.807, 2.05) is 0 Å². The number of phenols is 1. The van der Waals surface area contributed by atoms with E-state index in [0.717, 1.165) is 0 Å². The fourth-order valence-corrected chi connectivity index (χ4v) is 2.07. The van der Waals surface area contributed by atoms with Crippen molar-refractivity contribution in [1.82, 2.24) is 0 Å². The van der Waals surface area contributed by atoms with Crippen LogP contribution >= 0.6 is 7.14 Å². The molecule has 0 spiro atoms. The molecule has 3 N–H and O–H groups in total. The maximum absolute atomic E-state index is 11.6. The second-order valence-electron chi connectivity index (χ2n) is 3.07. The Morgan fingerprint density at radius 1 is 1.42 bits per heavy atom. The number of rotatable bonds is 1. The van der Waals surface area contributed by atoms with Gasteiger partial charge in [-0.3, -0.25) is 0 Å². The third-order valence-corrected chi connectivity index (χ3v) is 3.15. The molecule has 0 aromatic heterocycles. The van der Waals surface area contributed by atoms with E-state index in [4.69, 9.17) is 5.73 Å². The van der Waals surface area contributed by atoms with Gasteiger partial charge >= 0.3 is 0 Å². The van der Waals surface area contributed by atoms with Crippen LogP contribution < -0.4 is 11.0 Å². The number of para-hydroxylation sites is 1. The second-order valence-corrected chi connectivity index (χ2v) is 6.25. The van der Waals surface area contributed by atoms with Crippen LogP contribution in [0, 0.1) is 0 Å². The summed E-state index contributed by atoms with van der Waals surface area (Å²) in [5, 5.41) is 9.88. The first-order valence-corrected chi connectivity index (χ1v) is 6.16. The Kier molecular flexibility index (Phi) is 2.16. The Labute approximate surface area is 71.6 Å². The predicted molar refractivity (Wildman–Crippen MR) is 51.6 cm³/mol. The zero-order valence-electron chi connectivity index (χ0n) is 7.11. The van der Waals surface area contributed by atoms with E-state index in [2.05, 4.69) is 0 Å². The molecule has 0 unspecified atom stereocenters. The van der Waals surface area contributed by atoms with Crippen LogP contribution in [0.25, 0.3) is 0 Å². The van der Waals surface area contributed by atoms with E-state index in [1.54, 1.807) is 31.5 Å². The number of benzene rings is 1. The number of hydrogen-bond donors (Lipinski definition) is 2. The quantitative estimate of drug-likeness (QED) is 0.393. The minimum absolute atomic E-state index is 0.0502. The van der Waals surface area contributed by atoms with Gasteiger partial charge in [0.25, 0.3) is 0 Å². The van der Waals surface area contributed by atoms with Gasteiger partial charge in [0.1, 0.15) is 12.9 Å². The van der Waals surface area contributed by atoms with Gasteiger partial charge in [-0.05, 0) is 25.5 Å². The molecule has 66 valence electrons. The lowest BCUT2D eigenvalue weighted by molar-refractivity contribution is 0.481. The SMILES string of the molecule is CP(C)(=O)c1cccc(N)c1O. The summed E-state index contributed by atoms with van der Waals surface area (Å²) in [6.07, 6.45) is 0. The van der Waals surface area contributed by atoms with E-state index >= 15 is 0 Å². The first kappa shape index (κ1) is 9.14. The highest BCUT2D eigenvalue weighted by atomic mass is 31.2. The molecule has 4 heteroatoms. The molecule has 3 nitrogen and oxygen atoms in total. The van der Waals surface area contributed by atoms with E-state index in [1.165, 1.54) is 0 Å². The third kappa shape index (κ3) is 1.62. The van der Waals surface area contributed by atoms with Gasteiger partial charge in [-0.2, -0.15) is 0 Å². The van der Waals surface area contributed by atoms with Crippen molar-refractivity contribution in [2.75, 3.05) is 19.1 Å². The van der Waals surface area contributed by atoms with Crippen LogP contribution in [0.1, 0.15) is 0 Å². The molecule has 0 bridgehead atoms. The molecule has 0 aliphatic carbocycles. The Hall–Kier alpha value is -0.950. The Morgan fingerprint density at radius 2 is 2.00 bits per heavy atom. The molecule has 0 fully saturated rings. The highest BCUT2D eigenvalue weighted by molar-refractivity contribution is 7.70. The third-order valence-electron chi connectivity index (χ3n) is 1.63. The minimum Gasteiger partial charge on any atom is -0.505 e. The normalized spacial score (nSPS) is 11.5. The maximum Gasteiger partial charge on any atom is 0.149 e. The first-order chi connectivity index (χ1) is 5.43. The van der Waals surface area contributed by atoms with Crippen molar-refractivity contribution in [2.45, 2.75) is 0 Å². The summed E-state index contributed by atoms with van der Waals surface area (Å²) >= 11 is 0. The van der Waals surface area contributed by atoms with Crippen LogP contribution in [-0.2, 0) is 4.57 Å². The number of anilines is 1. The summed E-state index contributed by atoms with van der Waals surface area (Å²) in [6, 6.07) is 4.89. The maximum atomic E-state index is 11.6. The molecule has 0 aliphatic heterocycles. The van der Waals surface area contributed by atoms with Crippen LogP contribution in [0.2, 0.25) is 0 Å². The molecule has 0 atom stereocenters. The van der Waals surface area contributed by atoms with Crippen molar-refractivity contribution in [3.05, 3.63) is 18.2 Å². The van der Waals surface area contributed by atoms with Crippen molar-refractivity contribution in [2.24, 2.45) is 0 Å². The molecular weight excluding hydrogens is 173 g/mol. The fraction of sp³-hybridized carbons (Fsp3) is 0.250. The smallest absolute Gasteiger partial charge is 0.149 e. The van der Waals surface area contributed by atoms with Crippen molar-refractivity contribution in [3.63, 3.8) is 0 Å². The summed E-state index contributed by atoms with van der Waals surface area (Å²) < 4.78 is 11.6. The number of nitrogens with two attached hydrogens (primary N) is 1. The van der Waals surface area contributed by atoms with Gasteiger partial charge in [-0.15, -0.1) is 0 Å². The Bertz CT molecular complexity index is 343. The van der Waals surface area contributed by atoms with Gasteiger partial charge in [0.05, 0.1) is 11.0 Å². The van der Waals surface area contributed by atoms with E-state index < -0.39 is 7.14 Å². The van der Waals surface area contributed by atoms with Crippen molar-refractivity contribution < 1.29 is 9.67 Å². The number of phenolic OH excluding ortho intramolecular Hbond substituents is 1. The lowest BCUT2D eigenvalue weighted by Crippen LogP contribution is -2.05. The average Bonchev–Trinajstić information content (AvgIpc) is 1.92. The largest absolute Gasteiger partial charge is 0.505 e. The van der Waals surface area contributed by atoms with Gasteiger partial charge in [-0.25, -0.2) is 0 Å². The monoisotopic (exact) mass is 185 g/mol. The van der Waals surface area contributed by atoms with Crippen LogP contribution in [-0.4, -0.2) is 18.4 Å². The van der Waals surface area contributed by atoms with E-state index in [-0.39, 0.29) is 11.4 Å². The molecule has 0 saturated carbocycles. The molecule has 0 heterocycles. The predicted octanol–water partition coefficient (Wildman–Crippen LogP) is 1.22. The van der Waals surface area contributed by atoms with Crippen molar-refractivity contribution in [1.29, 1.82) is 0 Å². The summed E-state index contributed by atoms with van der Waals surface area (Å²) in [4.78, 5) is 0. The Morgan fingerprint density at radius 3 is 2.42 bits per heavy atom. The van der Waals surface area contributed by atoms with Gasteiger partial charge in [0, 0.05) is 0 Å². The average molecular weight is 185 g/mol. The highest BCUT2D eigenvalue weighted by Crippen LogP contribution is 2.39. The summed E-state index contributed by atoms with van der Waals surface area (Å²) in [7, 11) is -2.41. The summed E-state index contributed by atoms with van der Waals surface area (Å²) in [5.74, 6) is -0.0502. The van der Waals surface area contributed by atoms with Gasteiger partial charge in [-0.1, -0.05) is 6.07 Å². The molecule has 0 aliphatic rings. The zero-order chi connectivity index (χ0) is 9.35. The molecule has 1 aromatic carbocycles. The highest BCUT2D eigenvalue weighted by Gasteiger charge is 2.16. The molecule has 0 radical (unpaired) electrons. The summed E-state index contributed by atoms with van der Waals surface area (Å²) in [5.41, 5.74) is 5.72. The van der Waals surface area contributed by atoms with Gasteiger partial charge < -0.3 is 15.4 Å². The van der Waals surface area contributed by atoms with Crippen LogP contribution in [0.5, 0.6) is 5.75 Å². The first-order valence-electron chi connectivity index (χ1n) is 3.56. The van der Waals surface area contributed by atoms with E-state index in [0.29, 0.717) is 5.30 Å². The lowest BCUT2D eigenvalue weighted by atomic mass is 10.3. The van der Waals surface area contributed by atoms with Crippen molar-refractivity contribution in [3.8, 4) is 5.75 Å². The molecule has 1 rings (SSSR count). The van der Waals surface area contributed by atoms with Crippen molar-refractivity contribution >= 4 is 18.1 Å². The zero-order valence-corrected chi connectivity index (χ0v) is 8.01. The molecule has 12 heavy (non-hydrogen) atoms.